The second-order valence-electron chi connectivity index (χ2n) is 5.77. The van der Waals surface area contributed by atoms with Gasteiger partial charge in [0.1, 0.15) is 5.82 Å². The van der Waals surface area contributed by atoms with Crippen LogP contribution in [0.5, 0.6) is 6.01 Å². The van der Waals surface area contributed by atoms with E-state index in [0.29, 0.717) is 6.01 Å². The van der Waals surface area contributed by atoms with Gasteiger partial charge in [-0.05, 0) is 37.4 Å². The zero-order valence-electron chi connectivity index (χ0n) is 12.8. The fourth-order valence-electron chi connectivity index (χ4n) is 3.39. The topological polar surface area (TPSA) is 50.3 Å². The molecule has 0 atom stereocenters. The van der Waals surface area contributed by atoms with Gasteiger partial charge >= 0.3 is 6.01 Å². The number of nitrogens with one attached hydrogen (secondary N) is 1. The number of aromatic nitrogens is 2. The number of para-hydroxylation sites is 1. The van der Waals surface area contributed by atoms with E-state index in [1.807, 2.05) is 0 Å². The van der Waals surface area contributed by atoms with Crippen molar-refractivity contribution in [3.05, 3.63) is 41.1 Å². The number of nitrogens with zero attached hydrogens (tertiary/aromatic N) is 3. The van der Waals surface area contributed by atoms with Crippen LogP contribution in [-0.2, 0) is 19.4 Å². The quantitative estimate of drug-likeness (QED) is 0.921. The second-order valence-corrected chi connectivity index (χ2v) is 5.77. The SMILES string of the molecule is COc1nc2c(c(N3CCCc4ccccc43)n1)CCNC2. The molecule has 2 aliphatic rings. The highest BCUT2D eigenvalue weighted by molar-refractivity contribution is 5.68. The van der Waals surface area contributed by atoms with Gasteiger partial charge in [-0.15, -0.1) is 0 Å². The van der Waals surface area contributed by atoms with Crippen molar-refractivity contribution in [2.75, 3.05) is 25.1 Å². The van der Waals surface area contributed by atoms with Gasteiger partial charge in [-0.2, -0.15) is 9.97 Å². The van der Waals surface area contributed by atoms with E-state index in [-0.39, 0.29) is 0 Å². The summed E-state index contributed by atoms with van der Waals surface area (Å²) < 4.78 is 5.32. The maximum absolute atomic E-state index is 5.32. The van der Waals surface area contributed by atoms with Crippen LogP contribution in [-0.4, -0.2) is 30.2 Å². The van der Waals surface area contributed by atoms with Crippen LogP contribution < -0.4 is 15.0 Å². The van der Waals surface area contributed by atoms with Crippen molar-refractivity contribution in [1.29, 1.82) is 0 Å². The third kappa shape index (κ3) is 2.22. The highest BCUT2D eigenvalue weighted by Crippen LogP contribution is 2.36. The summed E-state index contributed by atoms with van der Waals surface area (Å²) >= 11 is 0. The number of benzene rings is 1. The summed E-state index contributed by atoms with van der Waals surface area (Å²) in [7, 11) is 1.63. The molecule has 0 radical (unpaired) electrons. The molecule has 2 aromatic rings. The molecule has 5 heteroatoms. The van der Waals surface area contributed by atoms with Crippen LogP contribution in [0.4, 0.5) is 11.5 Å². The molecule has 0 unspecified atom stereocenters. The Hall–Kier alpha value is -2.14. The van der Waals surface area contributed by atoms with Crippen molar-refractivity contribution >= 4 is 11.5 Å². The summed E-state index contributed by atoms with van der Waals surface area (Å²) in [5.41, 5.74) is 5.00. The molecule has 0 amide bonds. The van der Waals surface area contributed by atoms with E-state index in [1.165, 1.54) is 16.8 Å². The molecule has 114 valence electrons. The molecule has 4 rings (SSSR count). The first-order chi connectivity index (χ1) is 10.9. The molecule has 0 saturated heterocycles. The van der Waals surface area contributed by atoms with Crippen LogP contribution in [0.15, 0.2) is 24.3 Å². The van der Waals surface area contributed by atoms with Crippen LogP contribution in [0.3, 0.4) is 0 Å². The normalized spacial score (nSPS) is 16.9. The number of ether oxygens (including phenoxy) is 1. The van der Waals surface area contributed by atoms with Crippen LogP contribution in [0.2, 0.25) is 0 Å². The third-order valence-corrected chi connectivity index (χ3v) is 4.44. The first-order valence-corrected chi connectivity index (χ1v) is 7.87. The van der Waals surface area contributed by atoms with Gasteiger partial charge in [-0.25, -0.2) is 0 Å². The largest absolute Gasteiger partial charge is 0.467 e. The van der Waals surface area contributed by atoms with Gasteiger partial charge in [0, 0.05) is 24.3 Å². The fourth-order valence-corrected chi connectivity index (χ4v) is 3.39. The number of hydrogen-bond donors (Lipinski definition) is 1. The fraction of sp³-hybridized carbons (Fsp3) is 0.412. The summed E-state index contributed by atoms with van der Waals surface area (Å²) in [5, 5.41) is 3.38. The van der Waals surface area contributed by atoms with E-state index in [0.717, 1.165) is 50.4 Å². The first-order valence-electron chi connectivity index (χ1n) is 7.87. The highest BCUT2D eigenvalue weighted by atomic mass is 16.5. The van der Waals surface area contributed by atoms with E-state index in [4.69, 9.17) is 9.72 Å². The minimum atomic E-state index is 0.459. The molecule has 5 nitrogen and oxygen atoms in total. The number of anilines is 2. The smallest absolute Gasteiger partial charge is 0.318 e. The zero-order valence-corrected chi connectivity index (χ0v) is 12.8. The molecular formula is C17H20N4O. The molecular weight excluding hydrogens is 276 g/mol. The molecule has 3 heterocycles. The Morgan fingerprint density at radius 1 is 1.18 bits per heavy atom. The van der Waals surface area contributed by atoms with E-state index in [2.05, 4.69) is 39.5 Å². The van der Waals surface area contributed by atoms with Crippen molar-refractivity contribution in [3.63, 3.8) is 0 Å². The minimum absolute atomic E-state index is 0.459. The van der Waals surface area contributed by atoms with Crippen molar-refractivity contribution in [3.8, 4) is 6.01 Å². The number of fused-ring (bicyclic) bond motifs is 2. The zero-order chi connectivity index (χ0) is 14.9. The summed E-state index contributed by atoms with van der Waals surface area (Å²) in [6.45, 7) is 2.76. The molecule has 0 aliphatic carbocycles. The standard InChI is InChI=1S/C17H20N4O/c1-22-17-19-14-11-18-9-8-13(14)16(20-17)21-10-4-6-12-5-2-3-7-15(12)21/h2-3,5,7,18H,4,6,8-11H2,1H3. The number of methoxy groups -OCH3 is 1. The van der Waals surface area contributed by atoms with E-state index >= 15 is 0 Å². The van der Waals surface area contributed by atoms with Crippen LogP contribution in [0, 0.1) is 0 Å². The van der Waals surface area contributed by atoms with Crippen LogP contribution >= 0.6 is 0 Å². The summed E-state index contributed by atoms with van der Waals surface area (Å²) in [6, 6.07) is 9.08. The highest BCUT2D eigenvalue weighted by Gasteiger charge is 2.25. The van der Waals surface area contributed by atoms with E-state index in [1.54, 1.807) is 7.11 Å². The van der Waals surface area contributed by atoms with Gasteiger partial charge in [-0.3, -0.25) is 0 Å². The molecule has 1 aromatic carbocycles. The predicted octanol–water partition coefficient (Wildman–Crippen LogP) is 2.22. The number of rotatable bonds is 2. The summed E-state index contributed by atoms with van der Waals surface area (Å²) in [4.78, 5) is 11.6. The van der Waals surface area contributed by atoms with Crippen LogP contribution in [0.1, 0.15) is 23.2 Å². The monoisotopic (exact) mass is 296 g/mol. The average molecular weight is 296 g/mol. The Morgan fingerprint density at radius 3 is 3.00 bits per heavy atom. The van der Waals surface area contributed by atoms with Crippen molar-refractivity contribution < 1.29 is 4.74 Å². The van der Waals surface area contributed by atoms with E-state index in [9.17, 15) is 0 Å². The Bertz CT molecular complexity index is 701. The molecule has 0 saturated carbocycles. The third-order valence-electron chi connectivity index (χ3n) is 4.44. The molecule has 2 aliphatic heterocycles. The summed E-state index contributed by atoms with van der Waals surface area (Å²) in [6.07, 6.45) is 3.25. The Labute approximate surface area is 130 Å². The number of hydrogen-bond acceptors (Lipinski definition) is 5. The Morgan fingerprint density at radius 2 is 2.09 bits per heavy atom. The minimum Gasteiger partial charge on any atom is -0.467 e. The van der Waals surface area contributed by atoms with Gasteiger partial charge in [0.05, 0.1) is 12.8 Å². The maximum atomic E-state index is 5.32. The molecule has 1 N–H and O–H groups in total. The van der Waals surface area contributed by atoms with Crippen molar-refractivity contribution in [2.24, 2.45) is 0 Å². The van der Waals surface area contributed by atoms with Gasteiger partial charge in [0.15, 0.2) is 0 Å². The van der Waals surface area contributed by atoms with Crippen molar-refractivity contribution in [2.45, 2.75) is 25.8 Å². The Balaban J connectivity index is 1.86. The molecule has 22 heavy (non-hydrogen) atoms. The van der Waals surface area contributed by atoms with Gasteiger partial charge in [0.2, 0.25) is 0 Å². The molecule has 0 fully saturated rings. The summed E-state index contributed by atoms with van der Waals surface area (Å²) in [5.74, 6) is 1.02. The first kappa shape index (κ1) is 13.5. The lowest BCUT2D eigenvalue weighted by Gasteiger charge is -2.33. The number of aryl methyl sites for hydroxylation is 1. The molecule has 0 bridgehead atoms. The lowest BCUT2D eigenvalue weighted by Crippen LogP contribution is -2.31. The molecule has 0 spiro atoms. The van der Waals surface area contributed by atoms with E-state index < -0.39 is 0 Å². The van der Waals surface area contributed by atoms with Gasteiger partial charge < -0.3 is 15.0 Å². The van der Waals surface area contributed by atoms with Crippen molar-refractivity contribution in [1.82, 2.24) is 15.3 Å². The van der Waals surface area contributed by atoms with Gasteiger partial charge in [-0.1, -0.05) is 18.2 Å². The lowest BCUT2D eigenvalue weighted by molar-refractivity contribution is 0.375. The lowest BCUT2D eigenvalue weighted by atomic mass is 10.00. The maximum Gasteiger partial charge on any atom is 0.318 e. The second kappa shape index (κ2) is 5.57. The Kier molecular flexibility index (Phi) is 3.42. The molecule has 1 aromatic heterocycles. The van der Waals surface area contributed by atoms with Crippen LogP contribution in [0.25, 0.3) is 0 Å². The predicted molar refractivity (Wildman–Crippen MR) is 85.8 cm³/mol. The average Bonchev–Trinajstić information content (AvgIpc) is 2.60. The van der Waals surface area contributed by atoms with Gasteiger partial charge in [0.25, 0.3) is 0 Å².